The van der Waals surface area contributed by atoms with Crippen LogP contribution in [0.15, 0.2) is 17.0 Å². The number of nitrogens with zero attached hydrogens (tertiary/aromatic N) is 2. The van der Waals surface area contributed by atoms with Gasteiger partial charge in [-0.3, -0.25) is 14.3 Å². The van der Waals surface area contributed by atoms with Crippen molar-refractivity contribution in [2.24, 2.45) is 0 Å². The Hall–Kier alpha value is -1.03. The maximum absolute atomic E-state index is 12.6. The summed E-state index contributed by atoms with van der Waals surface area (Å²) in [6.45, 7) is 1.82. The minimum Gasteiger partial charge on any atom is -0.259 e. The Morgan fingerprint density at radius 3 is 2.43 bits per heavy atom. The topological polar surface area (TPSA) is 97.6 Å². The lowest BCUT2D eigenvalue weighted by molar-refractivity contribution is -0.384. The summed E-state index contributed by atoms with van der Waals surface area (Å²) in [4.78, 5) is 10.1. The maximum Gasteiger partial charge on any atom is 0.289 e. The van der Waals surface area contributed by atoms with E-state index < -0.39 is 31.4 Å². The minimum absolute atomic E-state index is 0.101. The predicted molar refractivity (Wildman–Crippen MR) is 79.5 cm³/mol. The largest absolute Gasteiger partial charge is 0.289 e. The van der Waals surface area contributed by atoms with Crippen LogP contribution in [0.3, 0.4) is 0 Å². The molecule has 116 valence electrons. The molecule has 0 amide bonds. The van der Waals surface area contributed by atoms with Crippen LogP contribution >= 0.6 is 11.6 Å². The fraction of sp³-hybridized carbons (Fsp3) is 0.455. The number of nitro benzene ring substituents is 1. The Kier molecular flexibility index (Phi) is 4.66. The summed E-state index contributed by atoms with van der Waals surface area (Å²) in [5.41, 5.74) is -0.0984. The quantitative estimate of drug-likeness (QED) is 0.603. The fourth-order valence-electron chi connectivity index (χ4n) is 2.06. The summed E-state index contributed by atoms with van der Waals surface area (Å²) in [7, 11) is -4.86. The highest BCUT2D eigenvalue weighted by molar-refractivity contribution is 7.89. The van der Waals surface area contributed by atoms with Crippen LogP contribution in [0.2, 0.25) is 5.02 Å². The summed E-state index contributed by atoms with van der Waals surface area (Å²) in [5.74, 6) is 0.544. The van der Waals surface area contributed by atoms with Gasteiger partial charge in [0.15, 0.2) is 0 Å². The average molecular weight is 353 g/mol. The van der Waals surface area contributed by atoms with E-state index in [2.05, 4.69) is 0 Å². The van der Waals surface area contributed by atoms with Crippen molar-refractivity contribution >= 4 is 38.1 Å². The Bertz CT molecular complexity index is 710. The van der Waals surface area contributed by atoms with Crippen LogP contribution in [-0.4, -0.2) is 46.5 Å². The molecule has 10 heteroatoms. The first-order valence-electron chi connectivity index (χ1n) is 6.03. The molecule has 1 aromatic rings. The number of rotatable bonds is 3. The highest BCUT2D eigenvalue weighted by atomic mass is 35.5. The number of nitro groups is 1. The van der Waals surface area contributed by atoms with Crippen molar-refractivity contribution in [3.63, 3.8) is 0 Å². The molecule has 1 aliphatic heterocycles. The minimum atomic E-state index is -3.85. The van der Waals surface area contributed by atoms with Crippen molar-refractivity contribution in [2.45, 2.75) is 11.8 Å². The summed E-state index contributed by atoms with van der Waals surface area (Å²) in [5, 5.41) is 10.8. The number of sulfonamides is 1. The molecule has 1 fully saturated rings. The van der Waals surface area contributed by atoms with Crippen LogP contribution in [-0.2, 0) is 20.8 Å². The van der Waals surface area contributed by atoms with Gasteiger partial charge in [0.2, 0.25) is 10.0 Å². The highest BCUT2D eigenvalue weighted by Gasteiger charge is 2.31. The molecule has 2 rings (SSSR count). The molecule has 1 saturated heterocycles. The van der Waals surface area contributed by atoms with E-state index in [1.807, 2.05) is 0 Å². The molecule has 1 heterocycles. The van der Waals surface area contributed by atoms with Gasteiger partial charge in [-0.2, -0.15) is 4.31 Å². The third-order valence-electron chi connectivity index (χ3n) is 3.20. The summed E-state index contributed by atoms with van der Waals surface area (Å²) < 4.78 is 37.6. The van der Waals surface area contributed by atoms with E-state index in [9.17, 15) is 22.7 Å². The molecule has 0 aromatic heterocycles. The zero-order chi connectivity index (χ0) is 15.8. The van der Waals surface area contributed by atoms with Gasteiger partial charge in [-0.05, 0) is 18.6 Å². The van der Waals surface area contributed by atoms with Gasteiger partial charge < -0.3 is 0 Å². The van der Waals surface area contributed by atoms with E-state index in [4.69, 9.17) is 11.6 Å². The van der Waals surface area contributed by atoms with Gasteiger partial charge >= 0.3 is 0 Å². The van der Waals surface area contributed by atoms with E-state index >= 15 is 0 Å². The van der Waals surface area contributed by atoms with Crippen molar-refractivity contribution in [3.05, 3.63) is 32.8 Å². The first-order chi connectivity index (χ1) is 9.73. The molecule has 0 bridgehead atoms. The molecule has 1 aromatic carbocycles. The molecule has 1 aliphatic rings. The molecule has 0 N–H and O–H groups in total. The molecule has 0 aliphatic carbocycles. The lowest BCUT2D eigenvalue weighted by atomic mass is 10.2. The molecule has 0 unspecified atom stereocenters. The van der Waals surface area contributed by atoms with Crippen LogP contribution in [0.5, 0.6) is 0 Å². The molecule has 0 saturated carbocycles. The number of hydrogen-bond acceptors (Lipinski definition) is 5. The Balaban J connectivity index is 2.47. The SMILES string of the molecule is Cc1cc(Cl)c([N+](=O)[O-])cc1S(=O)(=O)N1CCS(=O)CC1. The second-order valence-electron chi connectivity index (χ2n) is 4.58. The van der Waals surface area contributed by atoms with Gasteiger partial charge in [0, 0.05) is 41.5 Å². The fourth-order valence-corrected chi connectivity index (χ4v) is 5.30. The first kappa shape index (κ1) is 16.3. The molecular formula is C11H13ClN2O5S2. The van der Waals surface area contributed by atoms with Crippen molar-refractivity contribution in [2.75, 3.05) is 24.6 Å². The number of hydrogen-bond donors (Lipinski definition) is 0. The first-order valence-corrected chi connectivity index (χ1v) is 9.34. The van der Waals surface area contributed by atoms with Gasteiger partial charge in [-0.1, -0.05) is 11.6 Å². The Morgan fingerprint density at radius 2 is 1.90 bits per heavy atom. The van der Waals surface area contributed by atoms with Crippen molar-refractivity contribution in [1.82, 2.24) is 4.31 Å². The standard InChI is InChI=1S/C11H13ClN2O5S2/c1-8-6-9(12)10(14(15)16)7-11(8)21(18,19)13-2-4-20(17)5-3-13/h6-7H,2-5H2,1H3. The van der Waals surface area contributed by atoms with Crippen LogP contribution in [0.1, 0.15) is 5.56 Å². The summed E-state index contributed by atoms with van der Waals surface area (Å²) in [6.07, 6.45) is 0. The average Bonchev–Trinajstić information content (AvgIpc) is 2.38. The van der Waals surface area contributed by atoms with Crippen LogP contribution in [0.4, 0.5) is 5.69 Å². The van der Waals surface area contributed by atoms with Crippen molar-refractivity contribution in [1.29, 1.82) is 0 Å². The lowest BCUT2D eigenvalue weighted by Gasteiger charge is -2.26. The molecule has 0 radical (unpaired) electrons. The summed E-state index contributed by atoms with van der Waals surface area (Å²) >= 11 is 5.76. The zero-order valence-corrected chi connectivity index (χ0v) is 13.5. The van der Waals surface area contributed by atoms with Crippen LogP contribution < -0.4 is 0 Å². The van der Waals surface area contributed by atoms with Gasteiger partial charge in [-0.15, -0.1) is 0 Å². The molecule has 0 spiro atoms. The Labute approximate surface area is 129 Å². The smallest absolute Gasteiger partial charge is 0.259 e. The van der Waals surface area contributed by atoms with Gasteiger partial charge in [0.05, 0.1) is 9.82 Å². The number of halogens is 1. The third-order valence-corrected chi connectivity index (χ3v) is 6.81. The van der Waals surface area contributed by atoms with E-state index in [1.54, 1.807) is 0 Å². The maximum atomic E-state index is 12.6. The highest BCUT2D eigenvalue weighted by Crippen LogP contribution is 2.31. The van der Waals surface area contributed by atoms with Crippen molar-refractivity contribution in [3.8, 4) is 0 Å². The van der Waals surface area contributed by atoms with Crippen LogP contribution in [0, 0.1) is 17.0 Å². The van der Waals surface area contributed by atoms with Gasteiger partial charge in [-0.25, -0.2) is 8.42 Å². The lowest BCUT2D eigenvalue weighted by Crippen LogP contribution is -2.41. The second-order valence-corrected chi connectivity index (χ2v) is 8.59. The van der Waals surface area contributed by atoms with E-state index in [-0.39, 0.29) is 34.5 Å². The normalized spacial score (nSPS) is 17.8. The third kappa shape index (κ3) is 3.25. The van der Waals surface area contributed by atoms with E-state index in [0.29, 0.717) is 5.56 Å². The Morgan fingerprint density at radius 1 is 1.33 bits per heavy atom. The second kappa shape index (κ2) is 5.99. The number of benzene rings is 1. The molecule has 0 atom stereocenters. The van der Waals surface area contributed by atoms with E-state index in [1.165, 1.54) is 17.3 Å². The van der Waals surface area contributed by atoms with Gasteiger partial charge in [0.25, 0.3) is 5.69 Å². The molecular weight excluding hydrogens is 340 g/mol. The predicted octanol–water partition coefficient (Wildman–Crippen LogP) is 1.31. The molecule has 7 nitrogen and oxygen atoms in total. The number of aryl methyl sites for hydroxylation is 1. The van der Waals surface area contributed by atoms with Crippen molar-refractivity contribution < 1.29 is 17.6 Å². The zero-order valence-electron chi connectivity index (χ0n) is 11.1. The van der Waals surface area contributed by atoms with E-state index in [0.717, 1.165) is 6.07 Å². The monoisotopic (exact) mass is 352 g/mol. The molecule has 21 heavy (non-hydrogen) atoms. The van der Waals surface area contributed by atoms with Gasteiger partial charge in [0.1, 0.15) is 5.02 Å². The summed E-state index contributed by atoms with van der Waals surface area (Å²) in [6, 6.07) is 2.26. The van der Waals surface area contributed by atoms with Crippen LogP contribution in [0.25, 0.3) is 0 Å².